The minimum absolute atomic E-state index is 0.0165. The van der Waals surface area contributed by atoms with Gasteiger partial charge in [-0.2, -0.15) is 0 Å². The second kappa shape index (κ2) is 11.1. The molecule has 1 aliphatic heterocycles. The normalized spacial score (nSPS) is 18.0. The average molecular weight is 406 g/mol. The molecule has 2 fully saturated rings. The standard InChI is InChI=1S/C22H32FN3O3/c23-19-8-3-4-9-20(19)29-17-5-10-21(27)24-11-12-25-13-15-26(16-14-25)22(28)18-6-1-2-7-18/h3-4,8-9,18H,1-2,5-7,10-17H2,(H,24,27). The average Bonchev–Trinajstić information content (AvgIpc) is 3.27. The second-order valence-corrected chi connectivity index (χ2v) is 7.88. The van der Waals surface area contributed by atoms with Gasteiger partial charge in [-0.1, -0.05) is 25.0 Å². The molecule has 0 atom stereocenters. The van der Waals surface area contributed by atoms with Crippen LogP contribution in [0.5, 0.6) is 5.75 Å². The number of nitrogens with zero attached hydrogens (tertiary/aromatic N) is 2. The highest BCUT2D eigenvalue weighted by molar-refractivity contribution is 5.79. The third-order valence-electron chi connectivity index (χ3n) is 5.78. The molecule has 2 aliphatic rings. The van der Waals surface area contributed by atoms with Gasteiger partial charge in [-0.15, -0.1) is 0 Å². The van der Waals surface area contributed by atoms with Gasteiger partial charge in [0.2, 0.25) is 11.8 Å². The predicted octanol–water partition coefficient (Wildman–Crippen LogP) is 2.44. The Morgan fingerprint density at radius 3 is 2.55 bits per heavy atom. The Kier molecular flexibility index (Phi) is 8.28. The summed E-state index contributed by atoms with van der Waals surface area (Å²) in [6, 6.07) is 6.27. The molecule has 1 N–H and O–H groups in total. The first-order chi connectivity index (χ1) is 14.1. The van der Waals surface area contributed by atoms with Gasteiger partial charge in [0, 0.05) is 51.6 Å². The van der Waals surface area contributed by atoms with Crippen molar-refractivity contribution in [2.45, 2.75) is 38.5 Å². The van der Waals surface area contributed by atoms with Crippen LogP contribution in [-0.4, -0.2) is 67.5 Å². The van der Waals surface area contributed by atoms with Crippen molar-refractivity contribution in [3.63, 3.8) is 0 Å². The fourth-order valence-electron chi connectivity index (χ4n) is 4.04. The molecule has 7 heteroatoms. The van der Waals surface area contributed by atoms with Crippen molar-refractivity contribution in [3.05, 3.63) is 30.1 Å². The van der Waals surface area contributed by atoms with Gasteiger partial charge >= 0.3 is 0 Å². The van der Waals surface area contributed by atoms with Gasteiger partial charge < -0.3 is 15.0 Å². The summed E-state index contributed by atoms with van der Waals surface area (Å²) in [6.07, 6.45) is 5.38. The Hall–Kier alpha value is -2.15. The highest BCUT2D eigenvalue weighted by Gasteiger charge is 2.29. The highest BCUT2D eigenvalue weighted by atomic mass is 19.1. The van der Waals surface area contributed by atoms with Crippen LogP contribution in [-0.2, 0) is 9.59 Å². The lowest BCUT2D eigenvalue weighted by atomic mass is 10.1. The Morgan fingerprint density at radius 1 is 1.10 bits per heavy atom. The maximum absolute atomic E-state index is 13.4. The molecule has 1 aromatic rings. The zero-order chi connectivity index (χ0) is 20.5. The molecule has 1 saturated heterocycles. The van der Waals surface area contributed by atoms with Gasteiger partial charge in [-0.05, 0) is 31.4 Å². The molecule has 1 saturated carbocycles. The van der Waals surface area contributed by atoms with E-state index in [9.17, 15) is 14.0 Å². The fraction of sp³-hybridized carbons (Fsp3) is 0.636. The summed E-state index contributed by atoms with van der Waals surface area (Å²) in [5.41, 5.74) is 0. The summed E-state index contributed by atoms with van der Waals surface area (Å²) < 4.78 is 18.8. The summed E-state index contributed by atoms with van der Waals surface area (Å²) in [5.74, 6) is 0.411. The van der Waals surface area contributed by atoms with Crippen molar-refractivity contribution in [2.24, 2.45) is 5.92 Å². The van der Waals surface area contributed by atoms with E-state index in [1.54, 1.807) is 18.2 Å². The van der Waals surface area contributed by atoms with Crippen LogP contribution in [0, 0.1) is 11.7 Å². The zero-order valence-corrected chi connectivity index (χ0v) is 17.1. The van der Waals surface area contributed by atoms with E-state index in [-0.39, 0.29) is 23.4 Å². The molecular formula is C22H32FN3O3. The van der Waals surface area contributed by atoms with Crippen molar-refractivity contribution < 1.29 is 18.7 Å². The zero-order valence-electron chi connectivity index (χ0n) is 17.1. The van der Waals surface area contributed by atoms with Gasteiger partial charge in [0.05, 0.1) is 6.61 Å². The van der Waals surface area contributed by atoms with Crippen molar-refractivity contribution in [1.82, 2.24) is 15.1 Å². The summed E-state index contributed by atoms with van der Waals surface area (Å²) >= 11 is 0. The summed E-state index contributed by atoms with van der Waals surface area (Å²) in [7, 11) is 0. The van der Waals surface area contributed by atoms with Gasteiger partial charge in [0.15, 0.2) is 11.6 Å². The molecule has 0 bridgehead atoms. The smallest absolute Gasteiger partial charge is 0.225 e. The first-order valence-electron chi connectivity index (χ1n) is 10.8. The Morgan fingerprint density at radius 2 is 1.83 bits per heavy atom. The second-order valence-electron chi connectivity index (χ2n) is 7.88. The summed E-state index contributed by atoms with van der Waals surface area (Å²) in [6.45, 7) is 5.01. The number of ether oxygens (including phenoxy) is 1. The summed E-state index contributed by atoms with van der Waals surface area (Å²) in [4.78, 5) is 28.7. The first kappa shape index (κ1) is 21.6. The molecule has 1 aliphatic carbocycles. The lowest BCUT2D eigenvalue weighted by Gasteiger charge is -2.36. The van der Waals surface area contributed by atoms with E-state index in [1.807, 2.05) is 4.90 Å². The van der Waals surface area contributed by atoms with Crippen LogP contribution >= 0.6 is 0 Å². The number of rotatable bonds is 9. The van der Waals surface area contributed by atoms with Gasteiger partial charge in [-0.25, -0.2) is 4.39 Å². The molecule has 160 valence electrons. The first-order valence-corrected chi connectivity index (χ1v) is 10.8. The maximum atomic E-state index is 13.4. The predicted molar refractivity (Wildman–Crippen MR) is 109 cm³/mol. The fourth-order valence-corrected chi connectivity index (χ4v) is 4.04. The molecular weight excluding hydrogens is 373 g/mol. The van der Waals surface area contributed by atoms with E-state index in [0.717, 1.165) is 45.6 Å². The van der Waals surface area contributed by atoms with Crippen LogP contribution < -0.4 is 10.1 Å². The molecule has 0 aromatic heterocycles. The number of hydrogen-bond donors (Lipinski definition) is 1. The number of benzene rings is 1. The molecule has 6 nitrogen and oxygen atoms in total. The molecule has 29 heavy (non-hydrogen) atoms. The number of amides is 2. The maximum Gasteiger partial charge on any atom is 0.225 e. The van der Waals surface area contributed by atoms with Crippen molar-refractivity contribution >= 4 is 11.8 Å². The van der Waals surface area contributed by atoms with Crippen LogP contribution in [0.2, 0.25) is 0 Å². The third kappa shape index (κ3) is 6.70. The quantitative estimate of drug-likeness (QED) is 0.641. The number of carbonyl (C=O) groups is 2. The molecule has 1 heterocycles. The van der Waals surface area contributed by atoms with Gasteiger partial charge in [0.1, 0.15) is 0 Å². The molecule has 2 amide bonds. The number of carbonyl (C=O) groups excluding carboxylic acids is 2. The molecule has 3 rings (SSSR count). The number of hydrogen-bond acceptors (Lipinski definition) is 4. The van der Waals surface area contributed by atoms with E-state index in [2.05, 4.69) is 10.2 Å². The Labute approximate surface area is 172 Å². The van der Waals surface area contributed by atoms with Crippen LogP contribution in [0.4, 0.5) is 4.39 Å². The Balaban J connectivity index is 1.22. The van der Waals surface area contributed by atoms with Crippen molar-refractivity contribution in [2.75, 3.05) is 45.9 Å². The van der Waals surface area contributed by atoms with E-state index in [4.69, 9.17) is 4.74 Å². The molecule has 1 aromatic carbocycles. The van der Waals surface area contributed by atoms with Crippen molar-refractivity contribution in [1.29, 1.82) is 0 Å². The molecule has 0 unspecified atom stereocenters. The van der Waals surface area contributed by atoms with E-state index in [0.29, 0.717) is 31.9 Å². The lowest BCUT2D eigenvalue weighted by Crippen LogP contribution is -2.51. The van der Waals surface area contributed by atoms with Crippen LogP contribution in [0.1, 0.15) is 38.5 Å². The lowest BCUT2D eigenvalue weighted by molar-refractivity contribution is -0.137. The minimum atomic E-state index is -0.387. The van der Waals surface area contributed by atoms with E-state index >= 15 is 0 Å². The monoisotopic (exact) mass is 405 g/mol. The molecule has 0 radical (unpaired) electrons. The third-order valence-corrected chi connectivity index (χ3v) is 5.78. The van der Waals surface area contributed by atoms with Gasteiger partial charge in [-0.3, -0.25) is 14.5 Å². The number of nitrogens with one attached hydrogen (secondary N) is 1. The van der Waals surface area contributed by atoms with Crippen LogP contribution in [0.15, 0.2) is 24.3 Å². The van der Waals surface area contributed by atoms with Crippen LogP contribution in [0.3, 0.4) is 0 Å². The summed E-state index contributed by atoms with van der Waals surface area (Å²) in [5, 5.41) is 2.93. The topological polar surface area (TPSA) is 61.9 Å². The number of halogens is 1. The number of para-hydroxylation sites is 1. The van der Waals surface area contributed by atoms with Crippen molar-refractivity contribution in [3.8, 4) is 5.75 Å². The van der Waals surface area contributed by atoms with Crippen LogP contribution in [0.25, 0.3) is 0 Å². The molecule has 0 spiro atoms. The highest BCUT2D eigenvalue weighted by Crippen LogP contribution is 2.26. The van der Waals surface area contributed by atoms with E-state index < -0.39 is 0 Å². The van der Waals surface area contributed by atoms with E-state index in [1.165, 1.54) is 18.9 Å². The minimum Gasteiger partial charge on any atom is -0.491 e. The van der Waals surface area contributed by atoms with Gasteiger partial charge in [0.25, 0.3) is 0 Å². The SMILES string of the molecule is O=C(CCCOc1ccccc1F)NCCN1CCN(C(=O)C2CCCC2)CC1. The largest absolute Gasteiger partial charge is 0.491 e. The Bertz CT molecular complexity index is 671. The number of piperazine rings is 1.